The van der Waals surface area contributed by atoms with Gasteiger partial charge in [0, 0.05) is 17.7 Å². The average Bonchev–Trinajstić information content (AvgIpc) is 3.39. The van der Waals surface area contributed by atoms with Gasteiger partial charge in [0.25, 0.3) is 17.5 Å². The Balaban J connectivity index is 1.43. The fourth-order valence-electron chi connectivity index (χ4n) is 4.90. The highest BCUT2D eigenvalue weighted by Crippen LogP contribution is 2.65. The molecule has 7 nitrogen and oxygen atoms in total. The normalized spacial score (nSPS) is 37.5. The van der Waals surface area contributed by atoms with Crippen molar-refractivity contribution in [2.45, 2.75) is 6.42 Å². The summed E-state index contributed by atoms with van der Waals surface area (Å²) in [6.45, 7) is 0. The second-order valence-corrected chi connectivity index (χ2v) is 7.24. The SMILES string of the molecule is O=C1[C@@H]2[C@H]3C=C[C@H]([C@H]4C[C@@H]34)[C@@H]2C(=O)N1/N=C\c1cccc([N+](=O)[O-])c1. The third-order valence-electron chi connectivity index (χ3n) is 6.04. The van der Waals surface area contributed by atoms with Crippen LogP contribution >= 0.6 is 0 Å². The zero-order valence-electron chi connectivity index (χ0n) is 13.2. The molecule has 4 aliphatic carbocycles. The molecule has 126 valence electrons. The number of carbonyl (C=O) groups is 2. The van der Waals surface area contributed by atoms with Crippen molar-refractivity contribution in [3.8, 4) is 0 Å². The molecular formula is C18H15N3O4. The van der Waals surface area contributed by atoms with Crippen molar-refractivity contribution in [1.29, 1.82) is 0 Å². The van der Waals surface area contributed by atoms with Gasteiger partial charge in [0.15, 0.2) is 0 Å². The lowest BCUT2D eigenvalue weighted by Crippen LogP contribution is -2.40. The van der Waals surface area contributed by atoms with Gasteiger partial charge in [-0.25, -0.2) is 0 Å². The number of nitro groups is 1. The van der Waals surface area contributed by atoms with E-state index >= 15 is 0 Å². The number of imide groups is 1. The molecule has 5 aliphatic rings. The van der Waals surface area contributed by atoms with Crippen molar-refractivity contribution in [3.05, 3.63) is 52.1 Å². The molecule has 6 rings (SSSR count). The van der Waals surface area contributed by atoms with Crippen LogP contribution in [0, 0.1) is 45.6 Å². The number of allylic oxidation sites excluding steroid dienone is 2. The molecule has 1 aliphatic heterocycles. The maximum absolute atomic E-state index is 12.7. The number of nitrogens with zero attached hydrogens (tertiary/aromatic N) is 3. The van der Waals surface area contributed by atoms with E-state index < -0.39 is 4.92 Å². The summed E-state index contributed by atoms with van der Waals surface area (Å²) in [5.41, 5.74) is 0.424. The van der Waals surface area contributed by atoms with Gasteiger partial charge in [-0.2, -0.15) is 10.1 Å². The van der Waals surface area contributed by atoms with Crippen LogP contribution in [0.15, 0.2) is 41.5 Å². The number of nitro benzene ring substituents is 1. The number of hydrogen-bond donors (Lipinski definition) is 0. The largest absolute Gasteiger partial charge is 0.272 e. The van der Waals surface area contributed by atoms with Gasteiger partial charge in [-0.15, -0.1) is 0 Å². The van der Waals surface area contributed by atoms with E-state index in [0.717, 1.165) is 11.4 Å². The standard InChI is InChI=1S/C18H15N3O4/c22-17-15-11-4-5-12(14-7-13(11)14)16(15)18(23)20(17)19-8-9-2-1-3-10(6-9)21(24)25/h1-6,8,11-16H,7H2/b19-8-/t11-,12+,13-,14+,15+,16-. The van der Waals surface area contributed by atoms with Gasteiger partial charge in [-0.05, 0) is 30.1 Å². The predicted octanol–water partition coefficient (Wildman–Crippen LogP) is 1.98. The Hall–Kier alpha value is -2.83. The summed E-state index contributed by atoms with van der Waals surface area (Å²) in [6, 6.07) is 5.94. The molecule has 0 unspecified atom stereocenters. The minimum atomic E-state index is -0.492. The lowest BCUT2D eigenvalue weighted by atomic mass is 9.63. The number of benzene rings is 1. The number of non-ortho nitro benzene ring substituents is 1. The van der Waals surface area contributed by atoms with E-state index in [1.807, 2.05) is 0 Å². The zero-order chi connectivity index (χ0) is 17.3. The predicted molar refractivity (Wildman–Crippen MR) is 87.2 cm³/mol. The molecule has 2 saturated carbocycles. The summed E-state index contributed by atoms with van der Waals surface area (Å²) in [5.74, 6) is 0.385. The quantitative estimate of drug-likeness (QED) is 0.277. The summed E-state index contributed by atoms with van der Waals surface area (Å²) in [6.07, 6.45) is 6.68. The molecule has 3 fully saturated rings. The fraction of sp³-hybridized carbons (Fsp3) is 0.389. The highest BCUT2D eigenvalue weighted by Gasteiger charge is 2.67. The third-order valence-corrected chi connectivity index (χ3v) is 6.04. The maximum Gasteiger partial charge on any atom is 0.270 e. The summed E-state index contributed by atoms with van der Waals surface area (Å²) < 4.78 is 0. The van der Waals surface area contributed by atoms with Gasteiger partial charge in [0.05, 0.1) is 23.0 Å². The van der Waals surface area contributed by atoms with Crippen LogP contribution < -0.4 is 0 Å². The van der Waals surface area contributed by atoms with Gasteiger partial charge in [0.1, 0.15) is 0 Å². The Bertz CT molecular complexity index is 841. The number of hydrogen-bond acceptors (Lipinski definition) is 5. The first-order valence-corrected chi connectivity index (χ1v) is 8.41. The van der Waals surface area contributed by atoms with E-state index in [0.29, 0.717) is 17.4 Å². The number of rotatable bonds is 3. The topological polar surface area (TPSA) is 92.9 Å². The molecule has 2 bridgehead atoms. The van der Waals surface area contributed by atoms with Crippen LogP contribution in [-0.2, 0) is 9.59 Å². The van der Waals surface area contributed by atoms with E-state index in [4.69, 9.17) is 0 Å². The van der Waals surface area contributed by atoms with Crippen LogP contribution in [0.3, 0.4) is 0 Å². The first-order valence-electron chi connectivity index (χ1n) is 8.41. The van der Waals surface area contributed by atoms with Crippen molar-refractivity contribution in [2.24, 2.45) is 40.6 Å². The van der Waals surface area contributed by atoms with Gasteiger partial charge in [-0.1, -0.05) is 24.3 Å². The third kappa shape index (κ3) is 1.95. The maximum atomic E-state index is 12.7. The molecule has 1 aromatic rings. The molecule has 0 radical (unpaired) electrons. The molecule has 7 heteroatoms. The van der Waals surface area contributed by atoms with Crippen LogP contribution in [0.1, 0.15) is 12.0 Å². The van der Waals surface area contributed by atoms with Gasteiger partial charge in [-0.3, -0.25) is 19.7 Å². The van der Waals surface area contributed by atoms with Crippen LogP contribution in [0.5, 0.6) is 0 Å². The first-order chi connectivity index (χ1) is 12.1. The Kier molecular flexibility index (Phi) is 2.81. The molecule has 1 aromatic carbocycles. The van der Waals surface area contributed by atoms with E-state index in [9.17, 15) is 19.7 Å². The van der Waals surface area contributed by atoms with E-state index in [1.54, 1.807) is 12.1 Å². The number of hydrazone groups is 1. The van der Waals surface area contributed by atoms with Gasteiger partial charge >= 0.3 is 0 Å². The Labute approximate surface area is 143 Å². The van der Waals surface area contributed by atoms with E-state index in [2.05, 4.69) is 17.3 Å². The van der Waals surface area contributed by atoms with Crippen molar-refractivity contribution in [3.63, 3.8) is 0 Å². The van der Waals surface area contributed by atoms with E-state index in [1.165, 1.54) is 18.3 Å². The molecule has 0 spiro atoms. The second-order valence-electron chi connectivity index (χ2n) is 7.24. The van der Waals surface area contributed by atoms with Crippen molar-refractivity contribution in [1.82, 2.24) is 5.01 Å². The Morgan fingerprint density at radius 1 is 1.12 bits per heavy atom. The minimum absolute atomic E-state index is 0.0565. The fourth-order valence-corrected chi connectivity index (χ4v) is 4.90. The van der Waals surface area contributed by atoms with Crippen LogP contribution in [0.2, 0.25) is 0 Å². The van der Waals surface area contributed by atoms with Crippen molar-refractivity contribution < 1.29 is 14.5 Å². The van der Waals surface area contributed by atoms with Crippen molar-refractivity contribution in [2.75, 3.05) is 0 Å². The summed E-state index contributed by atoms with van der Waals surface area (Å²) in [5, 5.41) is 15.9. The monoisotopic (exact) mass is 337 g/mol. The summed E-state index contributed by atoms with van der Waals surface area (Å²) in [4.78, 5) is 35.8. The number of carbonyl (C=O) groups excluding carboxylic acids is 2. The Morgan fingerprint density at radius 2 is 1.76 bits per heavy atom. The van der Waals surface area contributed by atoms with E-state index in [-0.39, 0.29) is 41.2 Å². The lowest BCUT2D eigenvalue weighted by Gasteiger charge is -2.37. The molecule has 0 N–H and O–H groups in total. The van der Waals surface area contributed by atoms with Gasteiger partial charge in [0.2, 0.25) is 0 Å². The molecule has 1 heterocycles. The summed E-state index contributed by atoms with van der Waals surface area (Å²) in [7, 11) is 0. The Morgan fingerprint density at radius 3 is 2.36 bits per heavy atom. The zero-order valence-corrected chi connectivity index (χ0v) is 13.2. The molecule has 2 amide bonds. The van der Waals surface area contributed by atoms with Crippen LogP contribution in [-0.4, -0.2) is 28.0 Å². The molecule has 1 saturated heterocycles. The highest BCUT2D eigenvalue weighted by atomic mass is 16.6. The number of amides is 2. The second kappa shape index (κ2) is 4.84. The smallest absolute Gasteiger partial charge is 0.270 e. The van der Waals surface area contributed by atoms with Crippen molar-refractivity contribution >= 4 is 23.7 Å². The highest BCUT2D eigenvalue weighted by molar-refractivity contribution is 6.06. The summed E-state index contributed by atoms with van der Waals surface area (Å²) >= 11 is 0. The molecular weight excluding hydrogens is 322 g/mol. The lowest BCUT2D eigenvalue weighted by molar-refractivity contribution is -0.384. The van der Waals surface area contributed by atoms with Crippen LogP contribution in [0.25, 0.3) is 0 Å². The van der Waals surface area contributed by atoms with Gasteiger partial charge < -0.3 is 0 Å². The van der Waals surface area contributed by atoms with Crippen LogP contribution in [0.4, 0.5) is 5.69 Å². The molecule has 25 heavy (non-hydrogen) atoms. The molecule has 6 atom stereocenters. The average molecular weight is 337 g/mol. The minimum Gasteiger partial charge on any atom is -0.272 e. The molecule has 0 aromatic heterocycles. The first kappa shape index (κ1) is 14.5.